The van der Waals surface area contributed by atoms with Crippen molar-refractivity contribution in [3.8, 4) is 0 Å². The Balaban J connectivity index is 2.50. The standard InChI is InChI=1S/C13H16F3NO2/c1-19-7-3-6-17-12(18)9-10-4-2-5-11(8-10)13(14,15)16/h2,4-5,8H,3,6-7,9H2,1H3,(H,17,18). The number of amides is 1. The second kappa shape index (κ2) is 7.13. The second-order valence-electron chi connectivity index (χ2n) is 4.07. The molecule has 1 amide bonds. The maximum atomic E-state index is 12.5. The van der Waals surface area contributed by atoms with Crippen molar-refractivity contribution in [3.63, 3.8) is 0 Å². The van der Waals surface area contributed by atoms with Crippen LogP contribution in [0, 0.1) is 0 Å². The van der Waals surface area contributed by atoms with Gasteiger partial charge in [-0.2, -0.15) is 13.2 Å². The normalized spacial score (nSPS) is 11.4. The fraction of sp³-hybridized carbons (Fsp3) is 0.462. The number of hydrogen-bond acceptors (Lipinski definition) is 2. The van der Waals surface area contributed by atoms with E-state index in [9.17, 15) is 18.0 Å². The summed E-state index contributed by atoms with van der Waals surface area (Å²) >= 11 is 0. The first-order valence-electron chi connectivity index (χ1n) is 5.85. The summed E-state index contributed by atoms with van der Waals surface area (Å²) in [5.74, 6) is -0.296. The van der Waals surface area contributed by atoms with Crippen molar-refractivity contribution < 1.29 is 22.7 Å². The van der Waals surface area contributed by atoms with Crippen molar-refractivity contribution in [2.45, 2.75) is 19.0 Å². The average Bonchev–Trinajstić information content (AvgIpc) is 2.34. The largest absolute Gasteiger partial charge is 0.416 e. The van der Waals surface area contributed by atoms with Crippen LogP contribution in [0.4, 0.5) is 13.2 Å². The highest BCUT2D eigenvalue weighted by Gasteiger charge is 2.30. The molecule has 0 radical (unpaired) electrons. The molecule has 0 heterocycles. The molecule has 0 bridgehead atoms. The minimum Gasteiger partial charge on any atom is -0.385 e. The van der Waals surface area contributed by atoms with Crippen LogP contribution in [-0.2, 0) is 22.1 Å². The number of carbonyl (C=O) groups excluding carboxylic acids is 1. The Morgan fingerprint density at radius 3 is 2.74 bits per heavy atom. The highest BCUT2D eigenvalue weighted by atomic mass is 19.4. The van der Waals surface area contributed by atoms with Gasteiger partial charge >= 0.3 is 6.18 Å². The maximum Gasteiger partial charge on any atom is 0.416 e. The molecule has 0 fully saturated rings. The van der Waals surface area contributed by atoms with Gasteiger partial charge in [0.1, 0.15) is 0 Å². The molecule has 1 rings (SSSR count). The number of ether oxygens (including phenoxy) is 1. The first-order chi connectivity index (χ1) is 8.93. The number of benzene rings is 1. The van der Waals surface area contributed by atoms with E-state index in [0.717, 1.165) is 12.1 Å². The highest BCUT2D eigenvalue weighted by Crippen LogP contribution is 2.29. The number of halogens is 3. The first-order valence-corrected chi connectivity index (χ1v) is 5.85. The van der Waals surface area contributed by atoms with Crippen molar-refractivity contribution in [1.82, 2.24) is 5.32 Å². The third-order valence-electron chi connectivity index (χ3n) is 2.47. The Kier molecular flexibility index (Phi) is 5.82. The molecular formula is C13H16F3NO2. The third-order valence-corrected chi connectivity index (χ3v) is 2.47. The highest BCUT2D eigenvalue weighted by molar-refractivity contribution is 5.78. The quantitative estimate of drug-likeness (QED) is 0.810. The van der Waals surface area contributed by atoms with Crippen LogP contribution in [0.5, 0.6) is 0 Å². The molecule has 1 aromatic carbocycles. The van der Waals surface area contributed by atoms with Gasteiger partial charge in [0.05, 0.1) is 12.0 Å². The van der Waals surface area contributed by atoms with E-state index in [1.54, 1.807) is 7.11 Å². The minimum atomic E-state index is -4.38. The fourth-order valence-corrected chi connectivity index (χ4v) is 1.55. The smallest absolute Gasteiger partial charge is 0.385 e. The molecule has 0 spiro atoms. The lowest BCUT2D eigenvalue weighted by molar-refractivity contribution is -0.137. The van der Waals surface area contributed by atoms with E-state index < -0.39 is 11.7 Å². The van der Waals surface area contributed by atoms with Gasteiger partial charge in [0.15, 0.2) is 0 Å². The van der Waals surface area contributed by atoms with Crippen molar-refractivity contribution in [1.29, 1.82) is 0 Å². The van der Waals surface area contributed by atoms with E-state index in [1.165, 1.54) is 12.1 Å². The predicted octanol–water partition coefficient (Wildman–Crippen LogP) is 2.40. The lowest BCUT2D eigenvalue weighted by Crippen LogP contribution is -2.26. The van der Waals surface area contributed by atoms with Gasteiger partial charge in [-0.05, 0) is 18.1 Å². The first kappa shape index (κ1) is 15.5. The molecule has 0 saturated heterocycles. The Hall–Kier alpha value is -1.56. The van der Waals surface area contributed by atoms with Gasteiger partial charge in [-0.15, -0.1) is 0 Å². The van der Waals surface area contributed by atoms with Gasteiger partial charge in [-0.1, -0.05) is 18.2 Å². The van der Waals surface area contributed by atoms with Crippen LogP contribution in [0.2, 0.25) is 0 Å². The third kappa shape index (κ3) is 5.74. The zero-order chi connectivity index (χ0) is 14.3. The Morgan fingerprint density at radius 1 is 1.37 bits per heavy atom. The van der Waals surface area contributed by atoms with Gasteiger partial charge in [0.2, 0.25) is 5.91 Å². The summed E-state index contributed by atoms with van der Waals surface area (Å²) in [6, 6.07) is 4.79. The molecule has 0 atom stereocenters. The van der Waals surface area contributed by atoms with E-state index in [-0.39, 0.29) is 12.3 Å². The zero-order valence-corrected chi connectivity index (χ0v) is 10.6. The molecule has 106 valence electrons. The van der Waals surface area contributed by atoms with Gasteiger partial charge in [0, 0.05) is 20.3 Å². The summed E-state index contributed by atoms with van der Waals surface area (Å²) < 4.78 is 42.3. The van der Waals surface area contributed by atoms with Crippen LogP contribution in [0.1, 0.15) is 17.5 Å². The molecule has 6 heteroatoms. The van der Waals surface area contributed by atoms with E-state index >= 15 is 0 Å². The topological polar surface area (TPSA) is 38.3 Å². The lowest BCUT2D eigenvalue weighted by atomic mass is 10.1. The molecule has 0 aliphatic carbocycles. The molecule has 0 aliphatic rings. The van der Waals surface area contributed by atoms with Crippen LogP contribution in [0.15, 0.2) is 24.3 Å². The number of alkyl halides is 3. The lowest BCUT2D eigenvalue weighted by Gasteiger charge is -2.09. The van der Waals surface area contributed by atoms with E-state index in [2.05, 4.69) is 5.32 Å². The summed E-state index contributed by atoms with van der Waals surface area (Å²) in [5, 5.41) is 2.62. The summed E-state index contributed by atoms with van der Waals surface area (Å²) in [4.78, 5) is 11.5. The van der Waals surface area contributed by atoms with E-state index in [0.29, 0.717) is 25.1 Å². The predicted molar refractivity (Wildman–Crippen MR) is 64.7 cm³/mol. The van der Waals surface area contributed by atoms with Gasteiger partial charge in [0.25, 0.3) is 0 Å². The summed E-state index contributed by atoms with van der Waals surface area (Å²) in [5.41, 5.74) is -0.392. The molecule has 0 aliphatic heterocycles. The molecule has 0 saturated carbocycles. The number of nitrogens with one attached hydrogen (secondary N) is 1. The average molecular weight is 275 g/mol. The number of rotatable bonds is 6. The van der Waals surface area contributed by atoms with Crippen molar-refractivity contribution in [3.05, 3.63) is 35.4 Å². The Bertz CT molecular complexity index is 419. The number of carbonyl (C=O) groups is 1. The second-order valence-corrected chi connectivity index (χ2v) is 4.07. The number of methoxy groups -OCH3 is 1. The van der Waals surface area contributed by atoms with Crippen LogP contribution in [0.3, 0.4) is 0 Å². The summed E-state index contributed by atoms with van der Waals surface area (Å²) in [7, 11) is 1.56. The van der Waals surface area contributed by atoms with Gasteiger partial charge < -0.3 is 10.1 Å². The van der Waals surface area contributed by atoms with E-state index in [4.69, 9.17) is 4.74 Å². The van der Waals surface area contributed by atoms with Gasteiger partial charge in [-0.3, -0.25) is 4.79 Å². The summed E-state index contributed by atoms with van der Waals surface area (Å²) in [6.45, 7) is 0.982. The Morgan fingerprint density at radius 2 is 2.11 bits per heavy atom. The number of hydrogen-bond donors (Lipinski definition) is 1. The van der Waals surface area contributed by atoms with Crippen molar-refractivity contribution in [2.75, 3.05) is 20.3 Å². The van der Waals surface area contributed by atoms with Crippen LogP contribution >= 0.6 is 0 Å². The molecule has 0 aromatic heterocycles. The zero-order valence-electron chi connectivity index (χ0n) is 10.6. The van der Waals surface area contributed by atoms with Crippen molar-refractivity contribution >= 4 is 5.91 Å². The Labute approximate surface area is 109 Å². The van der Waals surface area contributed by atoms with Crippen LogP contribution in [-0.4, -0.2) is 26.2 Å². The summed E-state index contributed by atoms with van der Waals surface area (Å²) in [6.07, 6.45) is -3.77. The SMILES string of the molecule is COCCCNC(=O)Cc1cccc(C(F)(F)F)c1. The van der Waals surface area contributed by atoms with Gasteiger partial charge in [-0.25, -0.2) is 0 Å². The molecule has 3 nitrogen and oxygen atoms in total. The minimum absolute atomic E-state index is 0.0586. The molecule has 1 N–H and O–H groups in total. The fourth-order valence-electron chi connectivity index (χ4n) is 1.55. The van der Waals surface area contributed by atoms with Crippen molar-refractivity contribution in [2.24, 2.45) is 0 Å². The van der Waals surface area contributed by atoms with E-state index in [1.807, 2.05) is 0 Å². The van der Waals surface area contributed by atoms with Crippen LogP contribution < -0.4 is 5.32 Å². The molecule has 19 heavy (non-hydrogen) atoms. The van der Waals surface area contributed by atoms with Crippen LogP contribution in [0.25, 0.3) is 0 Å². The molecular weight excluding hydrogens is 259 g/mol. The molecule has 1 aromatic rings. The monoisotopic (exact) mass is 275 g/mol. The molecule has 0 unspecified atom stereocenters. The maximum absolute atomic E-state index is 12.5.